The van der Waals surface area contributed by atoms with Crippen molar-refractivity contribution in [1.29, 1.82) is 0 Å². The summed E-state index contributed by atoms with van der Waals surface area (Å²) in [4.78, 5) is 0.329. The molecule has 0 fully saturated rings. The molecule has 2 N–H and O–H groups in total. The standard InChI is InChI=1S/C17H12BrNOS/c18-13-7-5-12-10-14(8-6-11(12)9-13)20-16-4-2-1-3-15(16)17(19)21/h1-10H,(H2,19,21). The molecule has 0 spiro atoms. The highest BCUT2D eigenvalue weighted by molar-refractivity contribution is 9.10. The molecule has 0 aliphatic rings. The summed E-state index contributed by atoms with van der Waals surface area (Å²) in [7, 11) is 0. The van der Waals surface area contributed by atoms with Gasteiger partial charge in [-0.15, -0.1) is 0 Å². The van der Waals surface area contributed by atoms with E-state index in [0.717, 1.165) is 26.6 Å². The molecule has 3 aromatic carbocycles. The van der Waals surface area contributed by atoms with Crippen molar-refractivity contribution in [2.75, 3.05) is 0 Å². The molecule has 0 radical (unpaired) electrons. The van der Waals surface area contributed by atoms with Gasteiger partial charge in [0.05, 0.1) is 5.56 Å². The first kappa shape index (κ1) is 14.0. The van der Waals surface area contributed by atoms with Crippen molar-refractivity contribution in [2.24, 2.45) is 5.73 Å². The molecule has 0 aromatic heterocycles. The monoisotopic (exact) mass is 357 g/mol. The number of hydrogen-bond acceptors (Lipinski definition) is 2. The number of ether oxygens (including phenoxy) is 1. The minimum absolute atomic E-state index is 0.329. The van der Waals surface area contributed by atoms with Crippen molar-refractivity contribution in [3.63, 3.8) is 0 Å². The second-order valence-corrected chi connectivity index (χ2v) is 5.97. The number of thiocarbonyl (C=S) groups is 1. The Kier molecular flexibility index (Phi) is 3.90. The van der Waals surface area contributed by atoms with Crippen molar-refractivity contribution >= 4 is 43.9 Å². The Bertz CT molecular complexity index is 832. The van der Waals surface area contributed by atoms with Crippen LogP contribution in [0.15, 0.2) is 65.1 Å². The van der Waals surface area contributed by atoms with Crippen LogP contribution in [-0.2, 0) is 0 Å². The van der Waals surface area contributed by atoms with Gasteiger partial charge in [0.2, 0.25) is 0 Å². The van der Waals surface area contributed by atoms with Gasteiger partial charge in [-0.3, -0.25) is 0 Å². The normalized spacial score (nSPS) is 10.5. The minimum atomic E-state index is 0.329. The maximum absolute atomic E-state index is 5.93. The first-order valence-electron chi connectivity index (χ1n) is 6.39. The first-order valence-corrected chi connectivity index (χ1v) is 7.59. The van der Waals surface area contributed by atoms with E-state index < -0.39 is 0 Å². The van der Waals surface area contributed by atoms with Crippen LogP contribution >= 0.6 is 28.1 Å². The van der Waals surface area contributed by atoms with Gasteiger partial charge in [-0.05, 0) is 47.2 Å². The van der Waals surface area contributed by atoms with Crippen LogP contribution in [-0.4, -0.2) is 4.99 Å². The summed E-state index contributed by atoms with van der Waals surface area (Å²) >= 11 is 8.52. The second kappa shape index (κ2) is 5.84. The van der Waals surface area contributed by atoms with E-state index in [1.807, 2.05) is 54.6 Å². The summed E-state index contributed by atoms with van der Waals surface area (Å²) in [6.45, 7) is 0. The quantitative estimate of drug-likeness (QED) is 0.667. The topological polar surface area (TPSA) is 35.2 Å². The fraction of sp³-hybridized carbons (Fsp3) is 0. The number of benzene rings is 3. The second-order valence-electron chi connectivity index (χ2n) is 4.62. The predicted molar refractivity (Wildman–Crippen MR) is 94.1 cm³/mol. The Morgan fingerprint density at radius 2 is 1.67 bits per heavy atom. The van der Waals surface area contributed by atoms with Crippen LogP contribution in [0.2, 0.25) is 0 Å². The maximum Gasteiger partial charge on any atom is 0.137 e. The SMILES string of the molecule is NC(=S)c1ccccc1Oc1ccc2cc(Br)ccc2c1. The van der Waals surface area contributed by atoms with Crippen molar-refractivity contribution < 1.29 is 4.74 Å². The molecule has 0 aliphatic carbocycles. The van der Waals surface area contributed by atoms with Crippen LogP contribution in [0.3, 0.4) is 0 Å². The lowest BCUT2D eigenvalue weighted by Crippen LogP contribution is -2.10. The zero-order valence-corrected chi connectivity index (χ0v) is 13.4. The molecule has 3 rings (SSSR count). The lowest BCUT2D eigenvalue weighted by atomic mass is 10.1. The van der Waals surface area contributed by atoms with Gasteiger partial charge in [0.25, 0.3) is 0 Å². The van der Waals surface area contributed by atoms with Gasteiger partial charge in [-0.25, -0.2) is 0 Å². The zero-order valence-electron chi connectivity index (χ0n) is 11.0. The summed E-state index contributed by atoms with van der Waals surface area (Å²) in [5.74, 6) is 1.43. The number of para-hydroxylation sites is 1. The number of rotatable bonds is 3. The summed E-state index contributed by atoms with van der Waals surface area (Å²) in [5.41, 5.74) is 6.46. The Hall–Kier alpha value is -1.91. The van der Waals surface area contributed by atoms with E-state index in [4.69, 9.17) is 22.7 Å². The highest BCUT2D eigenvalue weighted by Crippen LogP contribution is 2.29. The van der Waals surface area contributed by atoms with Gasteiger partial charge in [0, 0.05) is 4.47 Å². The van der Waals surface area contributed by atoms with E-state index in [-0.39, 0.29) is 0 Å². The number of halogens is 1. The van der Waals surface area contributed by atoms with Gasteiger partial charge < -0.3 is 10.5 Å². The summed E-state index contributed by atoms with van der Waals surface area (Å²) in [5, 5.41) is 2.27. The molecule has 0 saturated heterocycles. The third-order valence-electron chi connectivity index (χ3n) is 3.15. The van der Waals surface area contributed by atoms with Crippen molar-refractivity contribution in [3.8, 4) is 11.5 Å². The molecule has 21 heavy (non-hydrogen) atoms. The van der Waals surface area contributed by atoms with Crippen LogP contribution in [0, 0.1) is 0 Å². The summed E-state index contributed by atoms with van der Waals surface area (Å²) < 4.78 is 6.99. The minimum Gasteiger partial charge on any atom is -0.457 e. The van der Waals surface area contributed by atoms with Crippen molar-refractivity contribution in [1.82, 2.24) is 0 Å². The molecule has 0 aliphatic heterocycles. The first-order chi connectivity index (χ1) is 10.1. The van der Waals surface area contributed by atoms with E-state index in [9.17, 15) is 0 Å². The molecule has 0 bridgehead atoms. The Morgan fingerprint density at radius 3 is 2.48 bits per heavy atom. The average molecular weight is 358 g/mol. The Labute approximate surface area is 136 Å². The fourth-order valence-electron chi connectivity index (χ4n) is 2.14. The molecule has 4 heteroatoms. The fourth-order valence-corrected chi connectivity index (χ4v) is 2.69. The molecule has 3 aromatic rings. The zero-order chi connectivity index (χ0) is 14.8. The lowest BCUT2D eigenvalue weighted by Gasteiger charge is -2.10. The van der Waals surface area contributed by atoms with E-state index in [2.05, 4.69) is 22.0 Å². The molecule has 2 nitrogen and oxygen atoms in total. The summed E-state index contributed by atoms with van der Waals surface area (Å²) in [6, 6.07) is 19.6. The molecule has 0 amide bonds. The van der Waals surface area contributed by atoms with Crippen molar-refractivity contribution in [2.45, 2.75) is 0 Å². The van der Waals surface area contributed by atoms with Crippen molar-refractivity contribution in [3.05, 3.63) is 70.7 Å². The average Bonchev–Trinajstić information content (AvgIpc) is 2.48. The smallest absolute Gasteiger partial charge is 0.137 e. The van der Waals surface area contributed by atoms with E-state index in [1.165, 1.54) is 0 Å². The van der Waals surface area contributed by atoms with Crippen LogP contribution in [0.25, 0.3) is 10.8 Å². The molecule has 0 atom stereocenters. The highest BCUT2D eigenvalue weighted by Gasteiger charge is 2.07. The van der Waals surface area contributed by atoms with Crippen LogP contribution in [0.1, 0.15) is 5.56 Å². The van der Waals surface area contributed by atoms with E-state index >= 15 is 0 Å². The Morgan fingerprint density at radius 1 is 0.952 bits per heavy atom. The predicted octanol–water partition coefficient (Wildman–Crippen LogP) is 5.03. The number of nitrogens with two attached hydrogens (primary N) is 1. The molecular weight excluding hydrogens is 346 g/mol. The molecule has 0 unspecified atom stereocenters. The van der Waals surface area contributed by atoms with Crippen LogP contribution in [0.4, 0.5) is 0 Å². The number of hydrogen-bond donors (Lipinski definition) is 1. The molecule has 0 heterocycles. The Balaban J connectivity index is 1.99. The lowest BCUT2D eigenvalue weighted by molar-refractivity contribution is 0.482. The highest BCUT2D eigenvalue weighted by atomic mass is 79.9. The van der Waals surface area contributed by atoms with Gasteiger partial charge in [-0.2, -0.15) is 0 Å². The van der Waals surface area contributed by atoms with E-state index in [0.29, 0.717) is 10.7 Å². The van der Waals surface area contributed by atoms with Gasteiger partial charge in [0.1, 0.15) is 16.5 Å². The van der Waals surface area contributed by atoms with Gasteiger partial charge in [-0.1, -0.05) is 52.4 Å². The van der Waals surface area contributed by atoms with Gasteiger partial charge >= 0.3 is 0 Å². The van der Waals surface area contributed by atoms with Crippen LogP contribution < -0.4 is 10.5 Å². The molecule has 0 saturated carbocycles. The maximum atomic E-state index is 5.93. The van der Waals surface area contributed by atoms with E-state index in [1.54, 1.807) is 0 Å². The third kappa shape index (κ3) is 3.06. The third-order valence-corrected chi connectivity index (χ3v) is 3.87. The van der Waals surface area contributed by atoms with Gasteiger partial charge in [0.15, 0.2) is 0 Å². The largest absolute Gasteiger partial charge is 0.457 e. The molecule has 104 valence electrons. The summed E-state index contributed by atoms with van der Waals surface area (Å²) in [6.07, 6.45) is 0. The number of fused-ring (bicyclic) bond motifs is 1. The van der Waals surface area contributed by atoms with Crippen LogP contribution in [0.5, 0.6) is 11.5 Å². The molecular formula is C17H12BrNOS.